The van der Waals surface area contributed by atoms with Crippen LogP contribution in [-0.2, 0) is 28.7 Å². The van der Waals surface area contributed by atoms with Gasteiger partial charge in [0.15, 0.2) is 0 Å². The fourth-order valence-electron chi connectivity index (χ4n) is 0.575. The monoisotopic (exact) mass is 388 g/mol. The third-order valence-corrected chi connectivity index (χ3v) is 1.38. The SMILES string of the molecule is CC(=O)O.CC(=O)O.CC(=O)O.CC(=O)O.CC(OCN)C(C)OCN. The van der Waals surface area contributed by atoms with Crippen molar-refractivity contribution >= 4 is 23.9 Å². The number of carboxylic acid groups (broad SMARTS) is 4. The number of carboxylic acids is 4. The van der Waals surface area contributed by atoms with Crippen LogP contribution in [0.1, 0.15) is 41.5 Å². The number of nitrogens with two attached hydrogens (primary N) is 2. The lowest BCUT2D eigenvalue weighted by atomic mass is 10.2. The molecular weight excluding hydrogens is 356 g/mol. The second-order valence-corrected chi connectivity index (χ2v) is 4.15. The molecule has 8 N–H and O–H groups in total. The standard InChI is InChI=1S/C6H16N2O2.4C2H4O2/c1-5(9-3-7)6(2)10-4-8;4*1-2(3)4/h5-6H,3-4,7-8H2,1-2H3;4*1H3,(H,3,4). The molecule has 2 atom stereocenters. The number of rotatable bonds is 5. The number of aliphatic carboxylic acids is 4. The Morgan fingerprint density at radius 1 is 0.654 bits per heavy atom. The van der Waals surface area contributed by atoms with Crippen LogP contribution in [0.5, 0.6) is 0 Å². The minimum Gasteiger partial charge on any atom is -0.481 e. The van der Waals surface area contributed by atoms with Crippen molar-refractivity contribution in [3.8, 4) is 0 Å². The summed E-state index contributed by atoms with van der Waals surface area (Å²) in [6.45, 7) is 8.57. The van der Waals surface area contributed by atoms with E-state index in [1.54, 1.807) is 0 Å². The molecular formula is C14H32N2O10. The van der Waals surface area contributed by atoms with Crippen LogP contribution in [0.15, 0.2) is 0 Å². The Kier molecular flexibility index (Phi) is 37.0. The Morgan fingerprint density at radius 3 is 0.846 bits per heavy atom. The van der Waals surface area contributed by atoms with Gasteiger partial charge >= 0.3 is 0 Å². The molecule has 0 bridgehead atoms. The Bertz CT molecular complexity index is 290. The zero-order valence-electron chi connectivity index (χ0n) is 16.0. The highest BCUT2D eigenvalue weighted by Crippen LogP contribution is 2.00. The summed E-state index contributed by atoms with van der Waals surface area (Å²) in [4.78, 5) is 36.0. The van der Waals surface area contributed by atoms with Crippen molar-refractivity contribution in [1.82, 2.24) is 0 Å². The highest BCUT2D eigenvalue weighted by atomic mass is 16.5. The number of carbonyl (C=O) groups is 4. The lowest BCUT2D eigenvalue weighted by Gasteiger charge is -2.18. The summed E-state index contributed by atoms with van der Waals surface area (Å²) in [5, 5.41) is 29.7. The molecule has 0 aliphatic rings. The van der Waals surface area contributed by atoms with Gasteiger partial charge in [-0.3, -0.25) is 19.2 Å². The van der Waals surface area contributed by atoms with E-state index in [9.17, 15) is 0 Å². The van der Waals surface area contributed by atoms with E-state index in [0.29, 0.717) is 0 Å². The molecule has 12 heteroatoms. The first-order valence-electron chi connectivity index (χ1n) is 7.06. The van der Waals surface area contributed by atoms with E-state index in [0.717, 1.165) is 27.7 Å². The van der Waals surface area contributed by atoms with Gasteiger partial charge in [0.1, 0.15) is 0 Å². The molecule has 0 aromatic heterocycles. The summed E-state index contributed by atoms with van der Waals surface area (Å²) in [5.74, 6) is -3.33. The Balaban J connectivity index is -0.0000000776. The molecule has 0 saturated carbocycles. The van der Waals surface area contributed by atoms with E-state index in [4.69, 9.17) is 60.5 Å². The first kappa shape index (κ1) is 34.9. The third-order valence-electron chi connectivity index (χ3n) is 1.38. The molecule has 0 fully saturated rings. The van der Waals surface area contributed by atoms with Crippen molar-refractivity contribution in [2.24, 2.45) is 11.5 Å². The van der Waals surface area contributed by atoms with E-state index in [1.807, 2.05) is 13.8 Å². The number of hydrogen-bond donors (Lipinski definition) is 6. The van der Waals surface area contributed by atoms with Gasteiger partial charge in [-0.05, 0) is 13.8 Å². The van der Waals surface area contributed by atoms with E-state index in [1.165, 1.54) is 0 Å². The van der Waals surface area contributed by atoms with Crippen LogP contribution in [0.2, 0.25) is 0 Å². The van der Waals surface area contributed by atoms with Gasteiger partial charge in [0.05, 0.1) is 25.7 Å². The van der Waals surface area contributed by atoms with Crippen LogP contribution < -0.4 is 11.5 Å². The lowest BCUT2D eigenvalue weighted by molar-refractivity contribution is -0.135. The van der Waals surface area contributed by atoms with Gasteiger partial charge in [-0.1, -0.05) is 0 Å². The van der Waals surface area contributed by atoms with Gasteiger partial charge in [0.2, 0.25) is 0 Å². The van der Waals surface area contributed by atoms with E-state index >= 15 is 0 Å². The highest BCUT2D eigenvalue weighted by Gasteiger charge is 2.10. The normalized spacial score (nSPS) is 10.3. The second kappa shape index (κ2) is 27.6. The Morgan fingerprint density at radius 2 is 0.769 bits per heavy atom. The van der Waals surface area contributed by atoms with Gasteiger partial charge in [-0.2, -0.15) is 0 Å². The van der Waals surface area contributed by atoms with E-state index in [2.05, 4.69) is 0 Å². The zero-order chi connectivity index (χ0) is 22.3. The van der Waals surface area contributed by atoms with Crippen LogP contribution in [0.3, 0.4) is 0 Å². The summed E-state index contributed by atoms with van der Waals surface area (Å²) >= 11 is 0. The lowest BCUT2D eigenvalue weighted by Crippen LogP contribution is -2.30. The molecule has 158 valence electrons. The van der Waals surface area contributed by atoms with Crippen LogP contribution >= 0.6 is 0 Å². The molecule has 12 nitrogen and oxygen atoms in total. The van der Waals surface area contributed by atoms with Gasteiger partial charge < -0.3 is 41.4 Å². The highest BCUT2D eigenvalue weighted by molar-refractivity contribution is 5.63. The molecule has 26 heavy (non-hydrogen) atoms. The van der Waals surface area contributed by atoms with Crippen molar-refractivity contribution in [1.29, 1.82) is 0 Å². The summed E-state index contributed by atoms with van der Waals surface area (Å²) in [6.07, 6.45) is 0.0158. The molecule has 0 spiro atoms. The first-order chi connectivity index (χ1) is 11.6. The van der Waals surface area contributed by atoms with Crippen molar-refractivity contribution in [2.45, 2.75) is 53.8 Å². The fourth-order valence-corrected chi connectivity index (χ4v) is 0.575. The first-order valence-corrected chi connectivity index (χ1v) is 7.06. The molecule has 0 aromatic rings. The van der Waals surface area contributed by atoms with Gasteiger partial charge in [0, 0.05) is 27.7 Å². The molecule has 0 aliphatic heterocycles. The minimum absolute atomic E-state index is 0.00792. The summed E-state index contributed by atoms with van der Waals surface area (Å²) in [6, 6.07) is 0. The van der Waals surface area contributed by atoms with Gasteiger partial charge in [0.25, 0.3) is 23.9 Å². The van der Waals surface area contributed by atoms with Crippen molar-refractivity contribution in [3.05, 3.63) is 0 Å². The summed E-state index contributed by atoms with van der Waals surface area (Å²) in [7, 11) is 0. The van der Waals surface area contributed by atoms with Crippen molar-refractivity contribution in [3.63, 3.8) is 0 Å². The average Bonchev–Trinajstić information content (AvgIpc) is 2.36. The molecule has 2 unspecified atom stereocenters. The minimum atomic E-state index is -0.833. The average molecular weight is 388 g/mol. The maximum Gasteiger partial charge on any atom is 0.300 e. The summed E-state index contributed by atoms with van der Waals surface area (Å²) in [5.41, 5.74) is 10.3. The molecule has 0 rings (SSSR count). The smallest absolute Gasteiger partial charge is 0.300 e. The maximum atomic E-state index is 9.00. The molecule has 0 heterocycles. The van der Waals surface area contributed by atoms with Crippen LogP contribution in [0.4, 0.5) is 0 Å². The maximum absolute atomic E-state index is 9.00. The largest absolute Gasteiger partial charge is 0.481 e. The zero-order valence-corrected chi connectivity index (χ0v) is 16.0. The quantitative estimate of drug-likeness (QED) is 0.342. The fraction of sp³-hybridized carbons (Fsp3) is 0.714. The van der Waals surface area contributed by atoms with Crippen LogP contribution in [0, 0.1) is 0 Å². The van der Waals surface area contributed by atoms with Crippen LogP contribution in [-0.4, -0.2) is 70.0 Å². The number of ether oxygens (including phenoxy) is 2. The topological polar surface area (TPSA) is 220 Å². The molecule has 0 radical (unpaired) electrons. The predicted octanol–water partition coefficient (Wildman–Crippen LogP) is -0.00740. The Hall–Kier alpha value is -2.28. The number of hydrogen-bond acceptors (Lipinski definition) is 8. The van der Waals surface area contributed by atoms with Gasteiger partial charge in [-0.15, -0.1) is 0 Å². The van der Waals surface area contributed by atoms with E-state index in [-0.39, 0.29) is 25.7 Å². The third kappa shape index (κ3) is 156. The molecule has 0 aliphatic carbocycles. The molecule has 0 aromatic carbocycles. The van der Waals surface area contributed by atoms with E-state index < -0.39 is 23.9 Å². The molecule has 0 amide bonds. The predicted molar refractivity (Wildman–Crippen MR) is 92.4 cm³/mol. The van der Waals surface area contributed by atoms with Gasteiger partial charge in [-0.25, -0.2) is 0 Å². The van der Waals surface area contributed by atoms with Crippen molar-refractivity contribution < 1.29 is 49.1 Å². The van der Waals surface area contributed by atoms with Crippen molar-refractivity contribution in [2.75, 3.05) is 13.5 Å². The Labute approximate surface area is 152 Å². The van der Waals surface area contributed by atoms with Crippen LogP contribution in [0.25, 0.3) is 0 Å². The second-order valence-electron chi connectivity index (χ2n) is 4.15. The molecule has 0 saturated heterocycles. The summed E-state index contributed by atoms with van der Waals surface area (Å²) < 4.78 is 10.1.